The molecule has 2 nitrogen and oxygen atoms in total. The van der Waals surface area contributed by atoms with Crippen molar-refractivity contribution in [3.63, 3.8) is 0 Å². The van der Waals surface area contributed by atoms with Crippen molar-refractivity contribution < 1.29 is 0 Å². The Morgan fingerprint density at radius 2 is 1.86 bits per heavy atom. The second kappa shape index (κ2) is 3.27. The molecule has 0 aliphatic rings. The molecule has 3 heteroatoms. The molecule has 0 aliphatic heterocycles. The quantitative estimate of drug-likeness (QED) is 0.465. The van der Waals surface area contributed by atoms with Crippen molar-refractivity contribution in [3.05, 3.63) is 0 Å². The third-order valence-electron chi connectivity index (χ3n) is 0.414. The maximum Gasteiger partial charge on any atom is 0.161 e. The first-order valence-electron chi connectivity index (χ1n) is 1.59. The van der Waals surface area contributed by atoms with Crippen molar-refractivity contribution in [2.24, 2.45) is 5.92 Å². The molecule has 0 aliphatic carbocycles. The van der Waals surface area contributed by atoms with Crippen LogP contribution >= 0.6 is 12.2 Å². The molecule has 0 heterocycles. The molecule has 0 unspecified atom stereocenters. The standard InChI is InChI=1S/C4H2N2S/c5-1-4(2-6)3-7/h3-4H. The van der Waals surface area contributed by atoms with E-state index in [2.05, 4.69) is 12.2 Å². The summed E-state index contributed by atoms with van der Waals surface area (Å²) in [4.78, 5) is 0. The number of nitriles is 2. The molecule has 0 spiro atoms. The smallest absolute Gasteiger partial charge is 0.161 e. The van der Waals surface area contributed by atoms with E-state index in [9.17, 15) is 0 Å². The molecule has 34 valence electrons. The van der Waals surface area contributed by atoms with Gasteiger partial charge in [-0.15, -0.1) is 0 Å². The summed E-state index contributed by atoms with van der Waals surface area (Å²) in [5.74, 6) is -0.713. The van der Waals surface area contributed by atoms with E-state index < -0.39 is 5.92 Å². The Morgan fingerprint density at radius 1 is 1.43 bits per heavy atom. The van der Waals surface area contributed by atoms with E-state index in [0.29, 0.717) is 0 Å². The van der Waals surface area contributed by atoms with Gasteiger partial charge >= 0.3 is 0 Å². The topological polar surface area (TPSA) is 47.6 Å². The Labute approximate surface area is 47.0 Å². The molecular formula is C4H2N2S. The van der Waals surface area contributed by atoms with Crippen LogP contribution in [-0.4, -0.2) is 5.37 Å². The zero-order valence-electron chi connectivity index (χ0n) is 3.46. The van der Waals surface area contributed by atoms with Gasteiger partial charge in [0.25, 0.3) is 0 Å². The van der Waals surface area contributed by atoms with Gasteiger partial charge in [-0.3, -0.25) is 0 Å². The minimum absolute atomic E-state index is 0.713. The van der Waals surface area contributed by atoms with Crippen LogP contribution in [0.15, 0.2) is 0 Å². The molecule has 0 radical (unpaired) electrons. The Bertz CT molecular complexity index is 125. The highest BCUT2D eigenvalue weighted by molar-refractivity contribution is 7.79. The first kappa shape index (κ1) is 6.07. The molecule has 0 N–H and O–H groups in total. The van der Waals surface area contributed by atoms with Gasteiger partial charge in [-0.05, 0) is 0 Å². The Morgan fingerprint density at radius 3 is 1.86 bits per heavy atom. The summed E-state index contributed by atoms with van der Waals surface area (Å²) < 4.78 is 0. The van der Waals surface area contributed by atoms with Crippen LogP contribution in [0.1, 0.15) is 0 Å². The Kier molecular flexibility index (Phi) is 2.83. The molecule has 7 heavy (non-hydrogen) atoms. The van der Waals surface area contributed by atoms with Gasteiger partial charge in [0.2, 0.25) is 0 Å². The van der Waals surface area contributed by atoms with Gasteiger partial charge in [-0.2, -0.15) is 10.5 Å². The van der Waals surface area contributed by atoms with E-state index in [4.69, 9.17) is 10.5 Å². The van der Waals surface area contributed by atoms with Crippen molar-refractivity contribution in [2.45, 2.75) is 0 Å². The van der Waals surface area contributed by atoms with Crippen LogP contribution in [0.4, 0.5) is 0 Å². The molecule has 0 aromatic carbocycles. The number of rotatable bonds is 1. The lowest BCUT2D eigenvalue weighted by Gasteiger charge is -1.75. The zero-order valence-corrected chi connectivity index (χ0v) is 4.27. The minimum Gasteiger partial charge on any atom is -0.196 e. The van der Waals surface area contributed by atoms with Crippen molar-refractivity contribution in [3.8, 4) is 12.1 Å². The summed E-state index contributed by atoms with van der Waals surface area (Å²) in [7, 11) is 0. The number of thiocarbonyl (C=S) groups is 1. The lowest BCUT2D eigenvalue weighted by Crippen LogP contribution is -1.88. The summed E-state index contributed by atoms with van der Waals surface area (Å²) in [6, 6.07) is 3.36. The van der Waals surface area contributed by atoms with Crippen molar-refractivity contribution in [1.29, 1.82) is 10.5 Å². The molecule has 0 saturated heterocycles. The summed E-state index contributed by atoms with van der Waals surface area (Å²) in [6.45, 7) is 0. The first-order valence-corrected chi connectivity index (χ1v) is 2.07. The predicted molar refractivity (Wildman–Crippen MR) is 28.4 cm³/mol. The average Bonchev–Trinajstić information content (AvgIpc) is 1.72. The van der Waals surface area contributed by atoms with Crippen molar-refractivity contribution in [2.75, 3.05) is 0 Å². The number of nitrogens with zero attached hydrogens (tertiary/aromatic N) is 2. The largest absolute Gasteiger partial charge is 0.196 e. The van der Waals surface area contributed by atoms with Crippen LogP contribution in [0.5, 0.6) is 0 Å². The van der Waals surface area contributed by atoms with E-state index in [0.717, 1.165) is 5.37 Å². The molecular weight excluding hydrogens is 108 g/mol. The normalized spacial score (nSPS) is 6.71. The molecule has 0 bridgehead atoms. The lowest BCUT2D eigenvalue weighted by atomic mass is 10.2. The van der Waals surface area contributed by atoms with Crippen LogP contribution in [-0.2, 0) is 0 Å². The van der Waals surface area contributed by atoms with E-state index in [1.54, 1.807) is 12.1 Å². The Hall–Kier alpha value is -0.930. The molecule has 0 aromatic rings. The lowest BCUT2D eigenvalue weighted by molar-refractivity contribution is 1.20. The van der Waals surface area contributed by atoms with Crippen molar-refractivity contribution in [1.82, 2.24) is 0 Å². The van der Waals surface area contributed by atoms with Crippen LogP contribution < -0.4 is 0 Å². The van der Waals surface area contributed by atoms with Gasteiger partial charge in [0, 0.05) is 5.37 Å². The van der Waals surface area contributed by atoms with Gasteiger partial charge in [0.1, 0.15) is 0 Å². The van der Waals surface area contributed by atoms with Crippen molar-refractivity contribution >= 4 is 17.6 Å². The van der Waals surface area contributed by atoms with Gasteiger partial charge < -0.3 is 0 Å². The Balaban J connectivity index is 3.73. The summed E-state index contributed by atoms with van der Waals surface area (Å²) >= 11 is 4.30. The minimum atomic E-state index is -0.713. The van der Waals surface area contributed by atoms with Gasteiger partial charge in [-0.25, -0.2) is 0 Å². The van der Waals surface area contributed by atoms with Gasteiger partial charge in [0.05, 0.1) is 12.1 Å². The SMILES string of the molecule is N#CC(C#N)C=S. The molecule has 0 aromatic heterocycles. The van der Waals surface area contributed by atoms with Crippen LogP contribution in [0, 0.1) is 28.6 Å². The number of hydrogen-bond donors (Lipinski definition) is 0. The second-order valence-corrected chi connectivity index (χ2v) is 1.14. The molecule has 0 atom stereocenters. The monoisotopic (exact) mass is 110 g/mol. The average molecular weight is 110 g/mol. The highest BCUT2D eigenvalue weighted by Gasteiger charge is 1.94. The fourth-order valence-corrected chi connectivity index (χ4v) is 0.211. The fourth-order valence-electron chi connectivity index (χ4n) is 0.0897. The first-order chi connectivity index (χ1) is 3.35. The zero-order chi connectivity index (χ0) is 5.70. The van der Waals surface area contributed by atoms with Gasteiger partial charge in [-0.1, -0.05) is 12.2 Å². The van der Waals surface area contributed by atoms with E-state index in [1.807, 2.05) is 0 Å². The summed E-state index contributed by atoms with van der Waals surface area (Å²) in [6.07, 6.45) is 0. The fraction of sp³-hybridized carbons (Fsp3) is 0.250. The maximum absolute atomic E-state index is 7.96. The van der Waals surface area contributed by atoms with Crippen LogP contribution in [0.25, 0.3) is 0 Å². The summed E-state index contributed by atoms with van der Waals surface area (Å²) in [5.41, 5.74) is 0. The highest BCUT2D eigenvalue weighted by Crippen LogP contribution is 1.82. The second-order valence-electron chi connectivity index (χ2n) is 0.872. The van der Waals surface area contributed by atoms with E-state index in [-0.39, 0.29) is 0 Å². The molecule has 0 saturated carbocycles. The molecule has 0 amide bonds. The van der Waals surface area contributed by atoms with E-state index >= 15 is 0 Å². The predicted octanol–water partition coefficient (Wildman–Crippen LogP) is 0.649. The summed E-state index contributed by atoms with van der Waals surface area (Å²) in [5, 5.41) is 17.1. The third-order valence-corrected chi connectivity index (χ3v) is 0.686. The number of hydrogen-bond acceptors (Lipinski definition) is 3. The molecule has 0 fully saturated rings. The van der Waals surface area contributed by atoms with Crippen LogP contribution in [0.2, 0.25) is 0 Å². The third kappa shape index (κ3) is 1.86. The highest BCUT2D eigenvalue weighted by atomic mass is 32.1. The van der Waals surface area contributed by atoms with Crippen LogP contribution in [0.3, 0.4) is 0 Å². The van der Waals surface area contributed by atoms with E-state index in [1.165, 1.54) is 0 Å². The maximum atomic E-state index is 7.96. The van der Waals surface area contributed by atoms with Gasteiger partial charge in [0.15, 0.2) is 5.92 Å². The molecule has 0 rings (SSSR count).